The minimum Gasteiger partial charge on any atom is -0.469 e. The molecule has 1 atom stereocenters. The Kier molecular flexibility index (Phi) is 8.36. The number of anilines is 1. The standard InChI is InChI=1S/C22H26N2O5/c1-16(21(26)28-2)13-24(14-17-9-5-4-6-10-17)15-20(25)23-19-12-8-7-11-18(19)22(27)29-3/h4-12,16H,13-15H2,1-3H3,(H,23,25). The molecule has 7 nitrogen and oxygen atoms in total. The first kappa shape index (κ1) is 22.1. The van der Waals surface area contributed by atoms with Crippen molar-refractivity contribution in [2.45, 2.75) is 13.5 Å². The molecule has 1 N–H and O–H groups in total. The van der Waals surface area contributed by atoms with E-state index < -0.39 is 5.97 Å². The van der Waals surface area contributed by atoms with Gasteiger partial charge in [0.15, 0.2) is 0 Å². The zero-order valence-corrected chi connectivity index (χ0v) is 16.9. The molecule has 0 saturated heterocycles. The van der Waals surface area contributed by atoms with Crippen molar-refractivity contribution in [1.29, 1.82) is 0 Å². The number of nitrogens with one attached hydrogen (secondary N) is 1. The number of methoxy groups -OCH3 is 2. The van der Waals surface area contributed by atoms with Crippen LogP contribution in [0, 0.1) is 5.92 Å². The van der Waals surface area contributed by atoms with Crippen molar-refractivity contribution in [3.05, 3.63) is 65.7 Å². The number of para-hydroxylation sites is 1. The van der Waals surface area contributed by atoms with Crippen LogP contribution in [0.2, 0.25) is 0 Å². The van der Waals surface area contributed by atoms with Crippen LogP contribution in [0.4, 0.5) is 5.69 Å². The van der Waals surface area contributed by atoms with Crippen LogP contribution in [0.5, 0.6) is 0 Å². The first-order valence-corrected chi connectivity index (χ1v) is 9.26. The molecule has 1 amide bonds. The van der Waals surface area contributed by atoms with Crippen molar-refractivity contribution in [2.24, 2.45) is 5.92 Å². The number of amides is 1. The highest BCUT2D eigenvalue weighted by Crippen LogP contribution is 2.16. The number of rotatable bonds is 9. The van der Waals surface area contributed by atoms with Gasteiger partial charge in [0.2, 0.25) is 5.91 Å². The SMILES string of the molecule is COC(=O)c1ccccc1NC(=O)CN(Cc1ccccc1)CC(C)C(=O)OC. The summed E-state index contributed by atoms with van der Waals surface area (Å²) in [7, 11) is 2.63. The number of hydrogen-bond acceptors (Lipinski definition) is 6. The summed E-state index contributed by atoms with van der Waals surface area (Å²) >= 11 is 0. The Morgan fingerprint density at radius 2 is 1.62 bits per heavy atom. The van der Waals surface area contributed by atoms with E-state index in [1.165, 1.54) is 14.2 Å². The van der Waals surface area contributed by atoms with Gasteiger partial charge in [-0.05, 0) is 17.7 Å². The molecular weight excluding hydrogens is 372 g/mol. The Morgan fingerprint density at radius 3 is 2.28 bits per heavy atom. The van der Waals surface area contributed by atoms with Gasteiger partial charge in [-0.3, -0.25) is 14.5 Å². The third kappa shape index (κ3) is 6.73. The predicted molar refractivity (Wildman–Crippen MR) is 109 cm³/mol. The smallest absolute Gasteiger partial charge is 0.339 e. The quantitative estimate of drug-likeness (QED) is 0.654. The fraction of sp³-hybridized carbons (Fsp3) is 0.318. The van der Waals surface area contributed by atoms with Crippen molar-refractivity contribution < 1.29 is 23.9 Å². The average molecular weight is 398 g/mol. The molecule has 0 bridgehead atoms. The Balaban J connectivity index is 2.12. The van der Waals surface area contributed by atoms with Crippen LogP contribution in [0.15, 0.2) is 54.6 Å². The number of esters is 2. The predicted octanol–water partition coefficient (Wildman–Crippen LogP) is 2.72. The molecule has 0 aromatic heterocycles. The highest BCUT2D eigenvalue weighted by molar-refractivity contribution is 6.01. The molecule has 0 heterocycles. The monoisotopic (exact) mass is 398 g/mol. The van der Waals surface area contributed by atoms with Crippen LogP contribution in [0.25, 0.3) is 0 Å². The lowest BCUT2D eigenvalue weighted by atomic mass is 10.1. The van der Waals surface area contributed by atoms with E-state index in [9.17, 15) is 14.4 Å². The molecule has 0 aliphatic heterocycles. The molecule has 154 valence electrons. The van der Waals surface area contributed by atoms with Crippen LogP contribution in [0.3, 0.4) is 0 Å². The maximum absolute atomic E-state index is 12.7. The van der Waals surface area contributed by atoms with Gasteiger partial charge in [-0.15, -0.1) is 0 Å². The van der Waals surface area contributed by atoms with Gasteiger partial charge < -0.3 is 14.8 Å². The Hall–Kier alpha value is -3.19. The molecular formula is C22H26N2O5. The molecule has 2 rings (SSSR count). The summed E-state index contributed by atoms with van der Waals surface area (Å²) in [6.45, 7) is 2.65. The van der Waals surface area contributed by atoms with E-state index in [0.29, 0.717) is 18.8 Å². The average Bonchev–Trinajstić information content (AvgIpc) is 2.73. The highest BCUT2D eigenvalue weighted by atomic mass is 16.5. The van der Waals surface area contributed by atoms with Crippen molar-refractivity contribution in [3.63, 3.8) is 0 Å². The van der Waals surface area contributed by atoms with Crippen molar-refractivity contribution in [2.75, 3.05) is 32.6 Å². The van der Waals surface area contributed by atoms with Crippen molar-refractivity contribution in [3.8, 4) is 0 Å². The van der Waals surface area contributed by atoms with Gasteiger partial charge in [-0.25, -0.2) is 4.79 Å². The molecule has 0 fully saturated rings. The zero-order valence-electron chi connectivity index (χ0n) is 16.9. The second kappa shape index (κ2) is 11.0. The van der Waals surface area contributed by atoms with Gasteiger partial charge in [0.05, 0.1) is 37.9 Å². The molecule has 1 unspecified atom stereocenters. The van der Waals surface area contributed by atoms with Gasteiger partial charge in [-0.1, -0.05) is 49.4 Å². The normalized spacial score (nSPS) is 11.6. The molecule has 2 aromatic rings. The topological polar surface area (TPSA) is 84.9 Å². The number of nitrogens with zero attached hydrogens (tertiary/aromatic N) is 1. The Labute approximate surface area is 170 Å². The van der Waals surface area contributed by atoms with E-state index in [2.05, 4.69) is 5.32 Å². The van der Waals surface area contributed by atoms with E-state index in [-0.39, 0.29) is 29.9 Å². The van der Waals surface area contributed by atoms with E-state index in [1.54, 1.807) is 31.2 Å². The van der Waals surface area contributed by atoms with Gasteiger partial charge >= 0.3 is 11.9 Å². The number of hydrogen-bond donors (Lipinski definition) is 1. The summed E-state index contributed by atoms with van der Waals surface area (Å²) in [6, 6.07) is 16.3. The lowest BCUT2D eigenvalue weighted by molar-refractivity contribution is -0.145. The number of benzene rings is 2. The summed E-state index contributed by atoms with van der Waals surface area (Å²) < 4.78 is 9.56. The maximum atomic E-state index is 12.7. The molecule has 0 aliphatic carbocycles. The molecule has 0 radical (unpaired) electrons. The molecule has 29 heavy (non-hydrogen) atoms. The second-order valence-electron chi connectivity index (χ2n) is 6.66. The fourth-order valence-corrected chi connectivity index (χ4v) is 2.96. The first-order chi connectivity index (χ1) is 13.9. The van der Waals surface area contributed by atoms with Gasteiger partial charge in [0.1, 0.15) is 0 Å². The van der Waals surface area contributed by atoms with Crippen LogP contribution < -0.4 is 5.32 Å². The summed E-state index contributed by atoms with van der Waals surface area (Å²) in [6.07, 6.45) is 0. The van der Waals surface area contributed by atoms with E-state index in [4.69, 9.17) is 9.47 Å². The van der Waals surface area contributed by atoms with Gasteiger partial charge in [-0.2, -0.15) is 0 Å². The first-order valence-electron chi connectivity index (χ1n) is 9.26. The van der Waals surface area contributed by atoms with Crippen LogP contribution in [-0.4, -0.2) is 50.1 Å². The van der Waals surface area contributed by atoms with E-state index in [0.717, 1.165) is 5.56 Å². The van der Waals surface area contributed by atoms with E-state index in [1.807, 2.05) is 35.2 Å². The Bertz CT molecular complexity index is 838. The third-order valence-electron chi connectivity index (χ3n) is 4.36. The van der Waals surface area contributed by atoms with E-state index >= 15 is 0 Å². The number of ether oxygens (including phenoxy) is 2. The molecule has 0 spiro atoms. The van der Waals surface area contributed by atoms with Crippen LogP contribution in [0.1, 0.15) is 22.8 Å². The minimum atomic E-state index is -0.527. The third-order valence-corrected chi connectivity index (χ3v) is 4.36. The number of carbonyl (C=O) groups excluding carboxylic acids is 3. The summed E-state index contributed by atoms with van der Waals surface area (Å²) in [5, 5.41) is 2.76. The lowest BCUT2D eigenvalue weighted by Crippen LogP contribution is -2.38. The summed E-state index contributed by atoms with van der Waals surface area (Å²) in [5.74, 6) is -1.55. The van der Waals surface area contributed by atoms with Crippen LogP contribution in [-0.2, 0) is 25.6 Å². The molecule has 0 aliphatic rings. The summed E-state index contributed by atoms with van der Waals surface area (Å²) in [4.78, 5) is 38.3. The zero-order chi connectivity index (χ0) is 21.2. The lowest BCUT2D eigenvalue weighted by Gasteiger charge is -2.24. The molecule has 7 heteroatoms. The summed E-state index contributed by atoms with van der Waals surface area (Å²) in [5.41, 5.74) is 1.68. The molecule has 0 saturated carbocycles. The highest BCUT2D eigenvalue weighted by Gasteiger charge is 2.21. The maximum Gasteiger partial charge on any atom is 0.339 e. The minimum absolute atomic E-state index is 0.0474. The Morgan fingerprint density at radius 1 is 0.966 bits per heavy atom. The molecule has 2 aromatic carbocycles. The van der Waals surface area contributed by atoms with Gasteiger partial charge in [0.25, 0.3) is 0 Å². The fourth-order valence-electron chi connectivity index (χ4n) is 2.96. The second-order valence-corrected chi connectivity index (χ2v) is 6.66. The van der Waals surface area contributed by atoms with Crippen molar-refractivity contribution >= 4 is 23.5 Å². The van der Waals surface area contributed by atoms with Crippen molar-refractivity contribution in [1.82, 2.24) is 4.90 Å². The van der Waals surface area contributed by atoms with Crippen LogP contribution >= 0.6 is 0 Å². The largest absolute Gasteiger partial charge is 0.469 e. The number of carbonyl (C=O) groups is 3. The van der Waals surface area contributed by atoms with Gasteiger partial charge in [0, 0.05) is 13.1 Å².